The van der Waals surface area contributed by atoms with Gasteiger partial charge in [0, 0.05) is 11.9 Å². The monoisotopic (exact) mass is 159 g/mol. The predicted octanol–water partition coefficient (Wildman–Crippen LogP) is 1.88. The van der Waals surface area contributed by atoms with Crippen LogP contribution in [0.15, 0.2) is 12.7 Å². The summed E-state index contributed by atoms with van der Waals surface area (Å²) < 4.78 is 0. The molecule has 0 unspecified atom stereocenters. The van der Waals surface area contributed by atoms with Crippen molar-refractivity contribution < 1.29 is 0 Å². The maximum Gasteiger partial charge on any atom is 0.0360 e. The molecule has 0 N–H and O–H groups in total. The average molecular weight is 160 g/mol. The van der Waals surface area contributed by atoms with Crippen LogP contribution in [0, 0.1) is 0 Å². The van der Waals surface area contributed by atoms with Crippen LogP contribution in [0.5, 0.6) is 0 Å². The molecule has 1 heterocycles. The summed E-state index contributed by atoms with van der Waals surface area (Å²) in [6.45, 7) is 6.99. The topological polar surface area (TPSA) is 3.24 Å². The third kappa shape index (κ3) is 2.31. The zero-order valence-electron chi connectivity index (χ0n) is 6.22. The van der Waals surface area contributed by atoms with E-state index in [9.17, 15) is 0 Å². The van der Waals surface area contributed by atoms with Gasteiger partial charge in [-0.25, -0.2) is 0 Å². The largest absolute Gasteiger partial charge is 0.300 e. The van der Waals surface area contributed by atoms with Crippen molar-refractivity contribution in [1.29, 1.82) is 0 Å². The molecule has 1 aliphatic heterocycles. The van der Waals surface area contributed by atoms with E-state index in [1.165, 1.54) is 0 Å². The summed E-state index contributed by atoms with van der Waals surface area (Å²) in [5.74, 6) is 0. The molecule has 1 nitrogen and oxygen atoms in total. The number of halogens is 1. The molecule has 0 radical (unpaired) electrons. The van der Waals surface area contributed by atoms with Crippen LogP contribution in [0.3, 0.4) is 0 Å². The molecule has 0 spiro atoms. The highest BCUT2D eigenvalue weighted by atomic mass is 35.5. The highest BCUT2D eigenvalue weighted by Gasteiger charge is 2.14. The van der Waals surface area contributed by atoms with Crippen LogP contribution in [-0.4, -0.2) is 29.9 Å². The lowest BCUT2D eigenvalue weighted by atomic mass is 10.1. The molecule has 58 valence electrons. The van der Waals surface area contributed by atoms with Crippen molar-refractivity contribution in [2.24, 2.45) is 0 Å². The smallest absolute Gasteiger partial charge is 0.0360 e. The van der Waals surface area contributed by atoms with E-state index < -0.39 is 0 Å². The Hall–Kier alpha value is -0.0100. The highest BCUT2D eigenvalue weighted by molar-refractivity contribution is 6.20. The number of nitrogens with zero attached hydrogens (tertiary/aromatic N) is 1. The molecule has 0 aromatic rings. The molecular formula is C8H14ClN. The summed E-state index contributed by atoms with van der Waals surface area (Å²) in [6, 6.07) is 0. The molecule has 10 heavy (non-hydrogen) atoms. The first-order valence-corrected chi connectivity index (χ1v) is 4.24. The van der Waals surface area contributed by atoms with Crippen molar-refractivity contribution >= 4 is 11.6 Å². The number of piperidine rings is 1. The molecule has 1 saturated heterocycles. The van der Waals surface area contributed by atoms with Crippen LogP contribution in [0.2, 0.25) is 0 Å². The van der Waals surface area contributed by atoms with Crippen LogP contribution in [-0.2, 0) is 0 Å². The summed E-state index contributed by atoms with van der Waals surface area (Å²) in [6.07, 6.45) is 4.22. The number of likely N-dealkylation sites (tertiary alicyclic amines) is 1. The van der Waals surface area contributed by atoms with Crippen molar-refractivity contribution in [2.75, 3.05) is 19.6 Å². The van der Waals surface area contributed by atoms with Gasteiger partial charge in [-0.05, 0) is 25.9 Å². The van der Waals surface area contributed by atoms with Crippen LogP contribution in [0.4, 0.5) is 0 Å². The number of rotatable bonds is 2. The SMILES string of the molecule is C=CCN1CCC(Cl)CC1. The van der Waals surface area contributed by atoms with Gasteiger partial charge in [-0.2, -0.15) is 0 Å². The van der Waals surface area contributed by atoms with Crippen molar-refractivity contribution in [2.45, 2.75) is 18.2 Å². The van der Waals surface area contributed by atoms with Gasteiger partial charge in [0.05, 0.1) is 0 Å². The first-order valence-electron chi connectivity index (χ1n) is 3.80. The summed E-state index contributed by atoms with van der Waals surface area (Å²) in [5.41, 5.74) is 0. The van der Waals surface area contributed by atoms with Gasteiger partial charge >= 0.3 is 0 Å². The Morgan fingerprint density at radius 3 is 2.60 bits per heavy atom. The maximum absolute atomic E-state index is 5.93. The third-order valence-corrected chi connectivity index (χ3v) is 2.34. The zero-order valence-corrected chi connectivity index (χ0v) is 6.98. The van der Waals surface area contributed by atoms with Gasteiger partial charge in [-0.15, -0.1) is 18.2 Å². The lowest BCUT2D eigenvalue weighted by molar-refractivity contribution is 0.254. The molecule has 0 amide bonds. The highest BCUT2D eigenvalue weighted by Crippen LogP contribution is 2.14. The van der Waals surface area contributed by atoms with E-state index in [1.807, 2.05) is 6.08 Å². The van der Waals surface area contributed by atoms with E-state index in [0.29, 0.717) is 5.38 Å². The summed E-state index contributed by atoms with van der Waals surface area (Å²) in [5, 5.41) is 0.418. The molecule has 0 aromatic carbocycles. The van der Waals surface area contributed by atoms with E-state index in [2.05, 4.69) is 11.5 Å². The second kappa shape index (κ2) is 3.99. The average Bonchev–Trinajstić information content (AvgIpc) is 1.95. The van der Waals surface area contributed by atoms with Crippen molar-refractivity contribution in [1.82, 2.24) is 4.90 Å². The summed E-state index contributed by atoms with van der Waals surface area (Å²) >= 11 is 5.93. The van der Waals surface area contributed by atoms with Gasteiger partial charge < -0.3 is 0 Å². The standard InChI is InChI=1S/C8H14ClN/c1-2-5-10-6-3-8(9)4-7-10/h2,8H,1,3-7H2. The fourth-order valence-electron chi connectivity index (χ4n) is 1.27. The van der Waals surface area contributed by atoms with Crippen LogP contribution in [0.1, 0.15) is 12.8 Å². The Bertz CT molecular complexity index is 106. The molecule has 0 atom stereocenters. The van der Waals surface area contributed by atoms with Gasteiger partial charge in [-0.1, -0.05) is 6.08 Å². The minimum atomic E-state index is 0.418. The normalized spacial score (nSPS) is 22.9. The molecule has 1 aliphatic rings. The first-order chi connectivity index (χ1) is 4.83. The molecule has 0 aliphatic carbocycles. The van der Waals surface area contributed by atoms with Crippen molar-refractivity contribution in [3.8, 4) is 0 Å². The van der Waals surface area contributed by atoms with Gasteiger partial charge in [-0.3, -0.25) is 4.90 Å². The van der Waals surface area contributed by atoms with Crippen LogP contribution >= 0.6 is 11.6 Å². The van der Waals surface area contributed by atoms with E-state index in [1.54, 1.807) is 0 Å². The Morgan fingerprint density at radius 1 is 1.50 bits per heavy atom. The maximum atomic E-state index is 5.93. The summed E-state index contributed by atoms with van der Waals surface area (Å²) in [4.78, 5) is 2.38. The van der Waals surface area contributed by atoms with E-state index >= 15 is 0 Å². The third-order valence-electron chi connectivity index (χ3n) is 1.90. The Balaban J connectivity index is 2.19. The van der Waals surface area contributed by atoms with Gasteiger partial charge in [0.15, 0.2) is 0 Å². The van der Waals surface area contributed by atoms with E-state index in [0.717, 1.165) is 32.5 Å². The molecule has 0 bridgehead atoms. The van der Waals surface area contributed by atoms with Crippen LogP contribution < -0.4 is 0 Å². The van der Waals surface area contributed by atoms with Gasteiger partial charge in [0.25, 0.3) is 0 Å². The molecule has 1 fully saturated rings. The van der Waals surface area contributed by atoms with Gasteiger partial charge in [0.2, 0.25) is 0 Å². The quantitative estimate of drug-likeness (QED) is 0.439. The number of alkyl halides is 1. The van der Waals surface area contributed by atoms with E-state index in [4.69, 9.17) is 11.6 Å². The number of hydrogen-bond donors (Lipinski definition) is 0. The van der Waals surface area contributed by atoms with Crippen LogP contribution in [0.25, 0.3) is 0 Å². The lowest BCUT2D eigenvalue weighted by Gasteiger charge is -2.27. The minimum absolute atomic E-state index is 0.418. The molecule has 0 aromatic heterocycles. The number of hydrogen-bond acceptors (Lipinski definition) is 1. The van der Waals surface area contributed by atoms with Crippen molar-refractivity contribution in [3.63, 3.8) is 0 Å². The lowest BCUT2D eigenvalue weighted by Crippen LogP contribution is -2.33. The molecular weight excluding hydrogens is 146 g/mol. The Labute approximate surface area is 67.7 Å². The molecule has 2 heteroatoms. The minimum Gasteiger partial charge on any atom is -0.300 e. The molecule has 1 rings (SSSR count). The second-order valence-corrected chi connectivity index (χ2v) is 3.38. The fourth-order valence-corrected chi connectivity index (χ4v) is 1.46. The Morgan fingerprint density at radius 2 is 2.10 bits per heavy atom. The summed E-state index contributed by atoms with van der Waals surface area (Å²) in [7, 11) is 0. The fraction of sp³-hybridized carbons (Fsp3) is 0.750. The van der Waals surface area contributed by atoms with Crippen molar-refractivity contribution in [3.05, 3.63) is 12.7 Å². The molecule has 0 saturated carbocycles. The van der Waals surface area contributed by atoms with Gasteiger partial charge in [0.1, 0.15) is 0 Å². The van der Waals surface area contributed by atoms with E-state index in [-0.39, 0.29) is 0 Å². The zero-order chi connectivity index (χ0) is 7.40. The predicted molar refractivity (Wildman–Crippen MR) is 45.5 cm³/mol. The Kier molecular flexibility index (Phi) is 3.23. The second-order valence-electron chi connectivity index (χ2n) is 2.76. The first kappa shape index (κ1) is 8.09.